The Balaban J connectivity index is 1.27. The molecule has 4 N–H and O–H groups in total. The molecule has 3 fully saturated rings. The summed E-state index contributed by atoms with van der Waals surface area (Å²) in [5.41, 5.74) is 9.78. The lowest BCUT2D eigenvalue weighted by Crippen LogP contribution is -2.29. The van der Waals surface area contributed by atoms with E-state index in [1.165, 1.54) is 11.9 Å². The normalized spacial score (nSPS) is 19.1. The zero-order valence-corrected chi connectivity index (χ0v) is 18.9. The van der Waals surface area contributed by atoms with Crippen molar-refractivity contribution in [1.82, 2.24) is 24.3 Å². The molecule has 0 bridgehead atoms. The van der Waals surface area contributed by atoms with Crippen molar-refractivity contribution in [2.24, 2.45) is 11.7 Å². The second-order valence-electron chi connectivity index (χ2n) is 9.36. The number of urea groups is 1. The van der Waals surface area contributed by atoms with Gasteiger partial charge in [0.2, 0.25) is 5.91 Å². The van der Waals surface area contributed by atoms with E-state index in [4.69, 9.17) is 10.7 Å². The second-order valence-corrected chi connectivity index (χ2v) is 9.36. The molecule has 2 aliphatic carbocycles. The van der Waals surface area contributed by atoms with Gasteiger partial charge in [-0.3, -0.25) is 9.69 Å². The molecule has 1 atom stereocenters. The van der Waals surface area contributed by atoms with Crippen LogP contribution in [0.3, 0.4) is 0 Å². The standard InChI is InChI=1S/C23H27N9O2/c1-30-6-7-32(23(30)34)17-8-15(13-2-3-13)10-31-11-16(27-21(17)31)20(24)28-18-9-19(26-12-25-18)29-22(33)14-4-5-14/h8-14,20H,2-7,24H2,1H3,(H2,25,26,28,29,33)/t20-/m0/s1. The Kier molecular flexibility index (Phi) is 4.87. The number of pyridine rings is 1. The van der Waals surface area contributed by atoms with Crippen molar-refractivity contribution < 1.29 is 9.59 Å². The lowest BCUT2D eigenvalue weighted by Gasteiger charge is -2.18. The molecular formula is C23H27N9O2. The Morgan fingerprint density at radius 3 is 2.62 bits per heavy atom. The van der Waals surface area contributed by atoms with Gasteiger partial charge in [-0.05, 0) is 43.2 Å². The fourth-order valence-electron chi connectivity index (χ4n) is 4.29. The van der Waals surface area contributed by atoms with Crippen LogP contribution in [0.1, 0.15) is 49.0 Å². The fraction of sp³-hybridized carbons (Fsp3) is 0.435. The maximum atomic E-state index is 12.7. The first-order chi connectivity index (χ1) is 16.5. The van der Waals surface area contributed by atoms with Crippen LogP contribution in [0.5, 0.6) is 0 Å². The van der Waals surface area contributed by atoms with Crippen LogP contribution in [0.4, 0.5) is 22.1 Å². The predicted octanol–water partition coefficient (Wildman–Crippen LogP) is 2.29. The molecule has 11 nitrogen and oxygen atoms in total. The number of rotatable bonds is 7. The minimum Gasteiger partial charge on any atom is -0.349 e. The number of amides is 3. The van der Waals surface area contributed by atoms with Crippen LogP contribution in [0.15, 0.2) is 30.9 Å². The number of aromatic nitrogens is 4. The van der Waals surface area contributed by atoms with Gasteiger partial charge in [-0.15, -0.1) is 0 Å². The maximum Gasteiger partial charge on any atom is 0.324 e. The quantitative estimate of drug-likeness (QED) is 0.460. The molecule has 0 radical (unpaired) electrons. The number of anilines is 3. The van der Waals surface area contributed by atoms with Crippen molar-refractivity contribution >= 4 is 34.9 Å². The molecule has 1 saturated heterocycles. The third-order valence-electron chi connectivity index (χ3n) is 6.62. The third kappa shape index (κ3) is 3.92. The number of carbonyl (C=O) groups is 2. The van der Waals surface area contributed by atoms with E-state index in [1.54, 1.807) is 15.9 Å². The molecule has 0 spiro atoms. The van der Waals surface area contributed by atoms with Crippen molar-refractivity contribution in [2.45, 2.75) is 37.8 Å². The van der Waals surface area contributed by atoms with E-state index in [9.17, 15) is 9.59 Å². The minimum atomic E-state index is -0.643. The number of hydrogen-bond acceptors (Lipinski definition) is 7. The van der Waals surface area contributed by atoms with Crippen LogP contribution in [-0.4, -0.2) is 56.3 Å². The van der Waals surface area contributed by atoms with E-state index in [1.807, 2.05) is 17.6 Å². The van der Waals surface area contributed by atoms with Gasteiger partial charge in [0.1, 0.15) is 24.1 Å². The van der Waals surface area contributed by atoms with E-state index in [-0.39, 0.29) is 17.9 Å². The summed E-state index contributed by atoms with van der Waals surface area (Å²) in [7, 11) is 1.81. The Bertz CT molecular complexity index is 1280. The number of carbonyl (C=O) groups excluding carboxylic acids is 2. The number of fused-ring (bicyclic) bond motifs is 1. The van der Waals surface area contributed by atoms with Gasteiger partial charge >= 0.3 is 6.03 Å². The van der Waals surface area contributed by atoms with E-state index in [0.29, 0.717) is 42.0 Å². The Hall–Kier alpha value is -3.73. The molecule has 0 unspecified atom stereocenters. The molecule has 1 aliphatic heterocycles. The molecule has 3 aliphatic rings. The van der Waals surface area contributed by atoms with Crippen molar-refractivity contribution in [3.63, 3.8) is 0 Å². The lowest BCUT2D eigenvalue weighted by molar-refractivity contribution is -0.117. The highest BCUT2D eigenvalue weighted by Crippen LogP contribution is 2.42. The van der Waals surface area contributed by atoms with Crippen LogP contribution in [-0.2, 0) is 4.79 Å². The fourth-order valence-corrected chi connectivity index (χ4v) is 4.29. The first-order valence-electron chi connectivity index (χ1n) is 11.7. The first-order valence-corrected chi connectivity index (χ1v) is 11.7. The minimum absolute atomic E-state index is 0.0181. The predicted molar refractivity (Wildman–Crippen MR) is 126 cm³/mol. The van der Waals surface area contributed by atoms with Crippen molar-refractivity contribution in [1.29, 1.82) is 0 Å². The van der Waals surface area contributed by atoms with Crippen molar-refractivity contribution in [2.75, 3.05) is 35.7 Å². The third-order valence-corrected chi connectivity index (χ3v) is 6.62. The van der Waals surface area contributed by atoms with Crippen LogP contribution < -0.4 is 21.3 Å². The molecule has 176 valence electrons. The summed E-state index contributed by atoms with van der Waals surface area (Å²) >= 11 is 0. The molecule has 0 aromatic carbocycles. The Labute approximate surface area is 196 Å². The summed E-state index contributed by atoms with van der Waals surface area (Å²) in [5, 5.41) is 5.96. The highest BCUT2D eigenvalue weighted by atomic mass is 16.2. The number of nitrogens with two attached hydrogens (primary N) is 1. The van der Waals surface area contributed by atoms with Gasteiger partial charge in [-0.2, -0.15) is 0 Å². The van der Waals surface area contributed by atoms with Crippen LogP contribution >= 0.6 is 0 Å². The zero-order valence-electron chi connectivity index (χ0n) is 18.9. The molecule has 6 rings (SSSR count). The van der Waals surface area contributed by atoms with Gasteiger partial charge in [-0.1, -0.05) is 0 Å². The summed E-state index contributed by atoms with van der Waals surface area (Å²) in [6.45, 7) is 1.31. The van der Waals surface area contributed by atoms with Gasteiger partial charge in [0, 0.05) is 44.5 Å². The maximum absolute atomic E-state index is 12.7. The number of nitrogens with one attached hydrogen (secondary N) is 2. The van der Waals surface area contributed by atoms with E-state index in [2.05, 4.69) is 32.9 Å². The smallest absolute Gasteiger partial charge is 0.324 e. The summed E-state index contributed by atoms with van der Waals surface area (Å²) < 4.78 is 1.97. The van der Waals surface area contributed by atoms with Gasteiger partial charge < -0.3 is 25.7 Å². The van der Waals surface area contributed by atoms with Gasteiger partial charge in [0.05, 0.1) is 11.4 Å². The molecular weight excluding hydrogens is 434 g/mol. The number of nitrogens with zero attached hydrogens (tertiary/aromatic N) is 6. The van der Waals surface area contributed by atoms with Gasteiger partial charge in [-0.25, -0.2) is 19.7 Å². The summed E-state index contributed by atoms with van der Waals surface area (Å²) in [4.78, 5) is 41.4. The molecule has 34 heavy (non-hydrogen) atoms. The highest BCUT2D eigenvalue weighted by Gasteiger charge is 2.32. The SMILES string of the molecule is CN1CCN(c2cc(C3CC3)cn3cc([C@@H](N)Nc4cc(NC(=O)C5CC5)ncn4)nc23)C1=O. The van der Waals surface area contributed by atoms with Crippen molar-refractivity contribution in [3.8, 4) is 0 Å². The first kappa shape index (κ1) is 20.8. The monoisotopic (exact) mass is 461 g/mol. The van der Waals surface area contributed by atoms with Crippen LogP contribution in [0.2, 0.25) is 0 Å². The topological polar surface area (TPSA) is 134 Å². The molecule has 11 heteroatoms. The van der Waals surface area contributed by atoms with Gasteiger partial charge in [0.25, 0.3) is 0 Å². The average molecular weight is 462 g/mol. The van der Waals surface area contributed by atoms with E-state index in [0.717, 1.165) is 31.4 Å². The lowest BCUT2D eigenvalue weighted by atomic mass is 10.1. The van der Waals surface area contributed by atoms with Gasteiger partial charge in [0.15, 0.2) is 5.65 Å². The summed E-state index contributed by atoms with van der Waals surface area (Å²) in [6, 6.07) is 3.73. The van der Waals surface area contributed by atoms with Crippen LogP contribution in [0.25, 0.3) is 5.65 Å². The Morgan fingerprint density at radius 1 is 1.12 bits per heavy atom. The molecule has 3 aromatic rings. The highest BCUT2D eigenvalue weighted by molar-refractivity contribution is 5.97. The zero-order chi connectivity index (χ0) is 23.4. The van der Waals surface area contributed by atoms with E-state index >= 15 is 0 Å². The average Bonchev–Trinajstić information content (AvgIpc) is 3.75. The number of hydrogen-bond donors (Lipinski definition) is 3. The largest absolute Gasteiger partial charge is 0.349 e. The number of likely N-dealkylation sites (N-methyl/N-ethyl adjacent to an activating group) is 1. The van der Waals surface area contributed by atoms with E-state index < -0.39 is 6.17 Å². The van der Waals surface area contributed by atoms with Crippen LogP contribution in [0, 0.1) is 5.92 Å². The molecule has 3 aromatic heterocycles. The summed E-state index contributed by atoms with van der Waals surface area (Å²) in [6.07, 6.45) is 8.88. The molecule has 4 heterocycles. The second kappa shape index (κ2) is 7.94. The summed E-state index contributed by atoms with van der Waals surface area (Å²) in [5.74, 6) is 1.52. The number of imidazole rings is 1. The molecule has 2 saturated carbocycles. The Morgan fingerprint density at radius 2 is 1.91 bits per heavy atom. The van der Waals surface area contributed by atoms with Crippen molar-refractivity contribution in [3.05, 3.63) is 42.1 Å². The molecule has 3 amide bonds.